The van der Waals surface area contributed by atoms with Gasteiger partial charge in [-0.3, -0.25) is 18.7 Å². The molecule has 1 N–H and O–H groups in total. The van der Waals surface area contributed by atoms with E-state index >= 15 is 0 Å². The lowest BCUT2D eigenvalue weighted by Gasteiger charge is -2.08. The summed E-state index contributed by atoms with van der Waals surface area (Å²) in [5, 5.41) is 2.68. The van der Waals surface area contributed by atoms with E-state index in [-0.39, 0.29) is 29.1 Å². The Morgan fingerprint density at radius 2 is 2.00 bits per heavy atom. The van der Waals surface area contributed by atoms with Crippen LogP contribution in [-0.2, 0) is 25.4 Å². The van der Waals surface area contributed by atoms with E-state index < -0.39 is 28.8 Å². The number of hydrogen-bond donors (Lipinski definition) is 1. The van der Waals surface area contributed by atoms with Gasteiger partial charge < -0.3 is 9.88 Å². The van der Waals surface area contributed by atoms with E-state index in [1.807, 2.05) is 0 Å². The number of rotatable bonds is 6. The van der Waals surface area contributed by atoms with E-state index in [2.05, 4.69) is 16.9 Å². The fourth-order valence-corrected chi connectivity index (χ4v) is 3.55. The second-order valence-electron chi connectivity index (χ2n) is 6.13. The Morgan fingerprint density at radius 1 is 1.28 bits per heavy atom. The van der Waals surface area contributed by atoms with Gasteiger partial charge >= 0.3 is 5.69 Å². The van der Waals surface area contributed by atoms with Crippen LogP contribution in [0.2, 0.25) is 0 Å². The number of fused-ring (bicyclic) bond motifs is 1. The molecule has 152 valence electrons. The number of halogens is 2. The van der Waals surface area contributed by atoms with E-state index in [9.17, 15) is 23.2 Å². The van der Waals surface area contributed by atoms with Crippen LogP contribution in [0.4, 0.5) is 14.5 Å². The van der Waals surface area contributed by atoms with Crippen molar-refractivity contribution in [3.63, 3.8) is 0 Å². The summed E-state index contributed by atoms with van der Waals surface area (Å²) in [4.78, 5) is 41.2. The number of thioether (sulfide) groups is 1. The Bertz CT molecular complexity index is 1240. The molecule has 2 heterocycles. The highest BCUT2D eigenvalue weighted by atomic mass is 32.2. The summed E-state index contributed by atoms with van der Waals surface area (Å²) < 4.78 is 30.4. The lowest BCUT2D eigenvalue weighted by Crippen LogP contribution is -2.37. The predicted octanol–water partition coefficient (Wildman–Crippen LogP) is 1.63. The van der Waals surface area contributed by atoms with Crippen LogP contribution >= 0.6 is 11.8 Å². The van der Waals surface area contributed by atoms with Gasteiger partial charge in [0.2, 0.25) is 5.91 Å². The Hall–Kier alpha value is -3.21. The number of nitrogens with one attached hydrogen (secondary N) is 1. The van der Waals surface area contributed by atoms with Crippen LogP contribution in [-0.4, -0.2) is 30.3 Å². The molecule has 8 nitrogen and oxygen atoms in total. The molecule has 0 aliphatic rings. The first-order chi connectivity index (χ1) is 13.7. The number of amides is 1. The Kier molecular flexibility index (Phi) is 5.69. The molecule has 29 heavy (non-hydrogen) atoms. The second kappa shape index (κ2) is 8.03. The van der Waals surface area contributed by atoms with Crippen molar-refractivity contribution in [1.82, 2.24) is 18.7 Å². The van der Waals surface area contributed by atoms with Gasteiger partial charge in [-0.25, -0.2) is 18.6 Å². The molecule has 2 aromatic heterocycles. The molecule has 0 radical (unpaired) electrons. The average Bonchev–Trinajstić information content (AvgIpc) is 3.04. The number of carbonyl (C=O) groups excluding carboxylic acids is 1. The minimum atomic E-state index is -0.888. The molecule has 3 aromatic rings. The predicted molar refractivity (Wildman–Crippen MR) is 106 cm³/mol. The summed E-state index contributed by atoms with van der Waals surface area (Å²) in [7, 11) is 2.86. The zero-order chi connectivity index (χ0) is 21.3. The topological polar surface area (TPSA) is 90.9 Å². The largest absolute Gasteiger partial charge is 0.332 e. The van der Waals surface area contributed by atoms with Gasteiger partial charge in [-0.15, -0.1) is 6.58 Å². The van der Waals surface area contributed by atoms with E-state index in [0.29, 0.717) is 11.2 Å². The second-order valence-corrected chi connectivity index (χ2v) is 7.08. The third kappa shape index (κ3) is 3.86. The number of imidazole rings is 1. The lowest BCUT2D eigenvalue weighted by molar-refractivity contribution is -0.113. The number of allylic oxidation sites excluding steroid dienone is 1. The van der Waals surface area contributed by atoms with Crippen molar-refractivity contribution in [2.45, 2.75) is 11.7 Å². The van der Waals surface area contributed by atoms with E-state index in [4.69, 9.17) is 0 Å². The molecule has 0 saturated carbocycles. The number of benzene rings is 1. The van der Waals surface area contributed by atoms with Gasteiger partial charge in [0.25, 0.3) is 5.56 Å². The first-order valence-electron chi connectivity index (χ1n) is 8.39. The Morgan fingerprint density at radius 3 is 2.66 bits per heavy atom. The van der Waals surface area contributed by atoms with E-state index in [1.54, 1.807) is 10.6 Å². The maximum absolute atomic E-state index is 13.7. The molecule has 0 unspecified atom stereocenters. The molecular formula is C18H17F2N5O3S. The van der Waals surface area contributed by atoms with Crippen molar-refractivity contribution in [2.75, 3.05) is 11.1 Å². The van der Waals surface area contributed by atoms with Crippen molar-refractivity contribution in [3.8, 4) is 0 Å². The van der Waals surface area contributed by atoms with Crippen molar-refractivity contribution in [3.05, 3.63) is 63.3 Å². The van der Waals surface area contributed by atoms with Gasteiger partial charge in [-0.05, 0) is 12.1 Å². The summed E-state index contributed by atoms with van der Waals surface area (Å²) in [6.07, 6.45) is 1.56. The smallest absolute Gasteiger partial charge is 0.323 e. The van der Waals surface area contributed by atoms with Gasteiger partial charge in [0.05, 0.1) is 11.4 Å². The van der Waals surface area contributed by atoms with Crippen molar-refractivity contribution >= 4 is 34.5 Å². The summed E-state index contributed by atoms with van der Waals surface area (Å²) in [5.41, 5.74) is -0.781. The van der Waals surface area contributed by atoms with Gasteiger partial charge in [-0.1, -0.05) is 17.8 Å². The van der Waals surface area contributed by atoms with Crippen LogP contribution in [0.1, 0.15) is 0 Å². The van der Waals surface area contributed by atoms with Crippen LogP contribution in [0, 0.1) is 11.6 Å². The molecule has 1 amide bonds. The third-order valence-electron chi connectivity index (χ3n) is 4.16. The van der Waals surface area contributed by atoms with E-state index in [1.165, 1.54) is 18.7 Å². The normalized spacial score (nSPS) is 11.0. The first kappa shape index (κ1) is 20.5. The molecule has 0 aliphatic heterocycles. The lowest BCUT2D eigenvalue weighted by atomic mass is 10.3. The minimum absolute atomic E-state index is 0.145. The standard InChI is InChI=1S/C18H17F2N5O3S/c1-4-7-25-14-15(23(2)18(28)24(3)16(14)27)22-17(25)29-9-13(26)21-12-6-5-10(19)8-11(12)20/h4-6,8H,1,7,9H2,2-3H3,(H,21,26). The first-order valence-corrected chi connectivity index (χ1v) is 9.38. The number of carbonyl (C=O) groups is 1. The minimum Gasteiger partial charge on any atom is -0.323 e. The van der Waals surface area contributed by atoms with Gasteiger partial charge in [-0.2, -0.15) is 0 Å². The molecule has 0 aliphatic carbocycles. The summed E-state index contributed by atoms with van der Waals surface area (Å²) >= 11 is 1.01. The average molecular weight is 421 g/mol. The molecular weight excluding hydrogens is 404 g/mol. The number of nitrogens with zero attached hydrogens (tertiary/aromatic N) is 4. The van der Waals surface area contributed by atoms with Crippen LogP contribution in [0.25, 0.3) is 11.2 Å². The van der Waals surface area contributed by atoms with Gasteiger partial charge in [0.15, 0.2) is 16.3 Å². The Labute approximate surface area is 167 Å². The van der Waals surface area contributed by atoms with Crippen LogP contribution < -0.4 is 16.6 Å². The van der Waals surface area contributed by atoms with Crippen molar-refractivity contribution in [2.24, 2.45) is 14.1 Å². The summed E-state index contributed by atoms with van der Waals surface area (Å²) in [5.74, 6) is -2.33. The zero-order valence-corrected chi connectivity index (χ0v) is 16.4. The van der Waals surface area contributed by atoms with Crippen LogP contribution in [0.5, 0.6) is 0 Å². The molecule has 11 heteroatoms. The highest BCUT2D eigenvalue weighted by Crippen LogP contribution is 2.22. The molecule has 0 spiro atoms. The highest BCUT2D eigenvalue weighted by Gasteiger charge is 2.19. The van der Waals surface area contributed by atoms with Gasteiger partial charge in [0, 0.05) is 26.7 Å². The molecule has 3 rings (SSSR count). The number of hydrogen-bond acceptors (Lipinski definition) is 5. The third-order valence-corrected chi connectivity index (χ3v) is 5.14. The summed E-state index contributed by atoms with van der Waals surface area (Å²) in [6, 6.07) is 2.83. The summed E-state index contributed by atoms with van der Waals surface area (Å²) in [6.45, 7) is 3.89. The molecule has 0 atom stereocenters. The van der Waals surface area contributed by atoms with Crippen LogP contribution in [0.3, 0.4) is 0 Å². The fraction of sp³-hybridized carbons (Fsp3) is 0.222. The quantitative estimate of drug-likeness (QED) is 0.483. The van der Waals surface area contributed by atoms with Crippen LogP contribution in [0.15, 0.2) is 45.6 Å². The monoisotopic (exact) mass is 421 g/mol. The number of anilines is 1. The van der Waals surface area contributed by atoms with E-state index in [0.717, 1.165) is 28.5 Å². The molecule has 0 saturated heterocycles. The maximum atomic E-state index is 13.7. The molecule has 1 aromatic carbocycles. The maximum Gasteiger partial charge on any atom is 0.332 e. The number of aromatic nitrogens is 4. The zero-order valence-electron chi connectivity index (χ0n) is 15.6. The SMILES string of the molecule is C=CCn1c(SCC(=O)Nc2ccc(F)cc2F)nc2c1c(=O)n(C)c(=O)n2C. The Balaban J connectivity index is 1.90. The van der Waals surface area contributed by atoms with Gasteiger partial charge in [0.1, 0.15) is 11.6 Å². The molecule has 0 fully saturated rings. The van der Waals surface area contributed by atoms with Crippen molar-refractivity contribution < 1.29 is 13.6 Å². The molecule has 0 bridgehead atoms. The fourth-order valence-electron chi connectivity index (χ4n) is 2.74. The highest BCUT2D eigenvalue weighted by molar-refractivity contribution is 7.99. The van der Waals surface area contributed by atoms with Crippen molar-refractivity contribution in [1.29, 1.82) is 0 Å². The number of aryl methyl sites for hydroxylation is 1.